The lowest BCUT2D eigenvalue weighted by atomic mass is 10.3. The van der Waals surface area contributed by atoms with Crippen LogP contribution in [0, 0.1) is 0 Å². The molecule has 0 spiro atoms. The third kappa shape index (κ3) is 8.92. The van der Waals surface area contributed by atoms with E-state index in [0.29, 0.717) is 37.0 Å². The van der Waals surface area contributed by atoms with Crippen molar-refractivity contribution in [2.24, 2.45) is 4.99 Å². The number of nitrogens with zero attached hydrogens (tertiary/aromatic N) is 1. The molecule has 0 heterocycles. The van der Waals surface area contributed by atoms with Crippen molar-refractivity contribution in [2.75, 3.05) is 32.0 Å². The highest BCUT2D eigenvalue weighted by atomic mass is 127. The molecular formula is C20H28IN3O3S. The second kappa shape index (κ2) is 13.4. The van der Waals surface area contributed by atoms with Crippen molar-refractivity contribution in [1.82, 2.24) is 10.6 Å². The predicted octanol–water partition coefficient (Wildman–Crippen LogP) is 3.10. The molecule has 0 atom stereocenters. The van der Waals surface area contributed by atoms with Gasteiger partial charge in [-0.15, -0.1) is 24.0 Å². The number of hydrogen-bond acceptors (Lipinski definition) is 4. The van der Waals surface area contributed by atoms with Gasteiger partial charge in [0.15, 0.2) is 15.8 Å². The summed E-state index contributed by atoms with van der Waals surface area (Å²) >= 11 is 0. The molecule has 8 heteroatoms. The Morgan fingerprint density at radius 2 is 1.64 bits per heavy atom. The van der Waals surface area contributed by atoms with E-state index in [-0.39, 0.29) is 29.7 Å². The summed E-state index contributed by atoms with van der Waals surface area (Å²) in [4.78, 5) is 4.79. The first kappa shape index (κ1) is 24.2. The predicted molar refractivity (Wildman–Crippen MR) is 124 cm³/mol. The van der Waals surface area contributed by atoms with Crippen LogP contribution in [0.15, 0.2) is 70.6 Å². The van der Waals surface area contributed by atoms with Crippen LogP contribution in [0.1, 0.15) is 13.3 Å². The van der Waals surface area contributed by atoms with Crippen molar-refractivity contribution >= 4 is 39.8 Å². The van der Waals surface area contributed by atoms with Gasteiger partial charge in [-0.05, 0) is 37.6 Å². The third-order valence-electron chi connectivity index (χ3n) is 3.69. The van der Waals surface area contributed by atoms with Gasteiger partial charge in [-0.2, -0.15) is 0 Å². The van der Waals surface area contributed by atoms with Crippen LogP contribution in [0.25, 0.3) is 0 Å². The topological polar surface area (TPSA) is 79.8 Å². The number of halogens is 1. The van der Waals surface area contributed by atoms with E-state index in [1.54, 1.807) is 30.3 Å². The fourth-order valence-electron chi connectivity index (χ4n) is 2.39. The van der Waals surface area contributed by atoms with Gasteiger partial charge >= 0.3 is 0 Å². The van der Waals surface area contributed by atoms with Gasteiger partial charge in [-0.1, -0.05) is 36.4 Å². The molecule has 0 aliphatic carbocycles. The summed E-state index contributed by atoms with van der Waals surface area (Å²) in [6, 6.07) is 18.1. The van der Waals surface area contributed by atoms with E-state index >= 15 is 0 Å². The first-order valence-corrected chi connectivity index (χ1v) is 10.7. The molecule has 6 nitrogen and oxygen atoms in total. The molecule has 0 unspecified atom stereocenters. The molecule has 2 rings (SSSR count). The number of sulfone groups is 1. The van der Waals surface area contributed by atoms with E-state index in [2.05, 4.69) is 15.6 Å². The summed E-state index contributed by atoms with van der Waals surface area (Å²) in [5, 5.41) is 6.33. The molecule has 2 aromatic carbocycles. The molecule has 154 valence electrons. The number of para-hydroxylation sites is 1. The van der Waals surface area contributed by atoms with Gasteiger partial charge in [-0.25, -0.2) is 8.42 Å². The van der Waals surface area contributed by atoms with E-state index in [1.165, 1.54) is 0 Å². The lowest BCUT2D eigenvalue weighted by Gasteiger charge is -2.12. The van der Waals surface area contributed by atoms with E-state index in [4.69, 9.17) is 4.74 Å². The Morgan fingerprint density at radius 3 is 2.29 bits per heavy atom. The molecule has 28 heavy (non-hydrogen) atoms. The Hall–Kier alpha value is -1.81. The maximum Gasteiger partial charge on any atom is 0.191 e. The Morgan fingerprint density at radius 1 is 1.00 bits per heavy atom. The number of hydrogen-bond donors (Lipinski definition) is 2. The van der Waals surface area contributed by atoms with Crippen LogP contribution in [-0.2, 0) is 9.84 Å². The first-order chi connectivity index (χ1) is 13.1. The molecule has 0 saturated carbocycles. The molecule has 0 radical (unpaired) electrons. The van der Waals surface area contributed by atoms with E-state index < -0.39 is 9.84 Å². The van der Waals surface area contributed by atoms with Crippen LogP contribution in [0.2, 0.25) is 0 Å². The second-order valence-electron chi connectivity index (χ2n) is 5.83. The van der Waals surface area contributed by atoms with Crippen LogP contribution in [0.5, 0.6) is 5.75 Å². The zero-order valence-corrected chi connectivity index (χ0v) is 19.2. The normalized spacial score (nSPS) is 11.4. The highest BCUT2D eigenvalue weighted by Gasteiger charge is 2.12. The zero-order valence-electron chi connectivity index (χ0n) is 16.0. The van der Waals surface area contributed by atoms with E-state index in [9.17, 15) is 8.42 Å². The van der Waals surface area contributed by atoms with Gasteiger partial charge in [0.25, 0.3) is 0 Å². The Kier molecular flexibility index (Phi) is 11.6. The summed E-state index contributed by atoms with van der Waals surface area (Å²) < 4.78 is 30.1. The number of aliphatic imine (C=N–C) groups is 1. The minimum atomic E-state index is -3.25. The zero-order chi connectivity index (χ0) is 19.4. The smallest absolute Gasteiger partial charge is 0.191 e. The van der Waals surface area contributed by atoms with Crippen molar-refractivity contribution in [3.63, 3.8) is 0 Å². The molecule has 2 N–H and O–H groups in total. The van der Waals surface area contributed by atoms with Gasteiger partial charge in [-0.3, -0.25) is 4.99 Å². The Bertz CT molecular complexity index is 800. The highest BCUT2D eigenvalue weighted by Crippen LogP contribution is 2.11. The number of guanidine groups is 1. The summed E-state index contributed by atoms with van der Waals surface area (Å²) in [6.07, 6.45) is 0.467. The summed E-state index contributed by atoms with van der Waals surface area (Å²) in [5.74, 6) is 1.57. The lowest BCUT2D eigenvalue weighted by molar-refractivity contribution is 0.322. The van der Waals surface area contributed by atoms with Crippen molar-refractivity contribution in [1.29, 1.82) is 0 Å². The maximum atomic E-state index is 12.3. The van der Waals surface area contributed by atoms with Crippen LogP contribution in [0.4, 0.5) is 0 Å². The summed E-state index contributed by atoms with van der Waals surface area (Å²) in [5.41, 5.74) is 0. The molecule has 0 aliphatic rings. The molecule has 0 amide bonds. The molecular weight excluding hydrogens is 489 g/mol. The van der Waals surface area contributed by atoms with Crippen molar-refractivity contribution in [3.8, 4) is 5.75 Å². The average Bonchev–Trinajstić information content (AvgIpc) is 2.70. The minimum Gasteiger partial charge on any atom is -0.492 e. The molecule has 0 aromatic heterocycles. The fourth-order valence-corrected chi connectivity index (χ4v) is 3.70. The molecule has 0 fully saturated rings. The monoisotopic (exact) mass is 517 g/mol. The maximum absolute atomic E-state index is 12.3. The number of benzene rings is 2. The number of ether oxygens (including phenoxy) is 1. The van der Waals surface area contributed by atoms with Gasteiger partial charge in [0.1, 0.15) is 12.4 Å². The quantitative estimate of drug-likeness (QED) is 0.219. The fraction of sp³-hybridized carbons (Fsp3) is 0.350. The molecule has 0 bridgehead atoms. The summed E-state index contributed by atoms with van der Waals surface area (Å²) in [7, 11) is -3.25. The second-order valence-corrected chi connectivity index (χ2v) is 7.94. The third-order valence-corrected chi connectivity index (χ3v) is 5.51. The van der Waals surface area contributed by atoms with Gasteiger partial charge in [0.05, 0.1) is 17.2 Å². The molecule has 0 saturated heterocycles. The van der Waals surface area contributed by atoms with Crippen LogP contribution in [-0.4, -0.2) is 46.4 Å². The molecule has 0 aliphatic heterocycles. The SMILES string of the molecule is CCNC(=NCCCS(=O)(=O)c1ccccc1)NCCOc1ccccc1.I. The highest BCUT2D eigenvalue weighted by molar-refractivity contribution is 14.0. The van der Waals surface area contributed by atoms with Gasteiger partial charge < -0.3 is 15.4 Å². The lowest BCUT2D eigenvalue weighted by Crippen LogP contribution is -2.39. The van der Waals surface area contributed by atoms with Gasteiger partial charge in [0, 0.05) is 13.1 Å². The average molecular weight is 517 g/mol. The minimum absolute atomic E-state index is 0. The van der Waals surface area contributed by atoms with Crippen LogP contribution >= 0.6 is 24.0 Å². The van der Waals surface area contributed by atoms with E-state index in [1.807, 2.05) is 37.3 Å². The Labute approximate surface area is 184 Å². The van der Waals surface area contributed by atoms with Crippen molar-refractivity contribution < 1.29 is 13.2 Å². The van der Waals surface area contributed by atoms with Gasteiger partial charge in [0.2, 0.25) is 0 Å². The van der Waals surface area contributed by atoms with Crippen molar-refractivity contribution in [2.45, 2.75) is 18.2 Å². The van der Waals surface area contributed by atoms with Crippen LogP contribution < -0.4 is 15.4 Å². The number of nitrogens with one attached hydrogen (secondary N) is 2. The number of rotatable bonds is 10. The van der Waals surface area contributed by atoms with Crippen LogP contribution in [0.3, 0.4) is 0 Å². The summed E-state index contributed by atoms with van der Waals surface area (Å²) in [6.45, 7) is 4.26. The van der Waals surface area contributed by atoms with E-state index in [0.717, 1.165) is 12.3 Å². The van der Waals surface area contributed by atoms with Crippen molar-refractivity contribution in [3.05, 3.63) is 60.7 Å². The standard InChI is InChI=1S/C20H27N3O3S.HI/c1-2-21-20(23-15-16-26-18-10-5-3-6-11-18)22-14-9-17-27(24,25)19-12-7-4-8-13-19;/h3-8,10-13H,2,9,14-17H2,1H3,(H2,21,22,23);1H. The Balaban J connectivity index is 0.00000392. The molecule has 2 aromatic rings. The first-order valence-electron chi connectivity index (χ1n) is 9.09. The largest absolute Gasteiger partial charge is 0.492 e.